The van der Waals surface area contributed by atoms with Crippen LogP contribution in [0, 0.1) is 6.92 Å². The van der Waals surface area contributed by atoms with Crippen LogP contribution in [0.1, 0.15) is 12.5 Å². The quantitative estimate of drug-likeness (QED) is 0.782. The van der Waals surface area contributed by atoms with E-state index in [1.54, 1.807) is 25.1 Å². The maximum Gasteiger partial charge on any atom is 0.266 e. The molecule has 1 heterocycles. The molecular formula is C13H15ClN4O4S2. The summed E-state index contributed by atoms with van der Waals surface area (Å²) in [5.74, 6) is 0.102. The monoisotopic (exact) mass is 390 g/mol. The van der Waals surface area contributed by atoms with E-state index < -0.39 is 22.0 Å². The Morgan fingerprint density at radius 1 is 1.33 bits per heavy atom. The molecule has 8 nitrogen and oxygen atoms in total. The van der Waals surface area contributed by atoms with E-state index in [0.29, 0.717) is 10.8 Å². The minimum absolute atomic E-state index is 0.0647. The summed E-state index contributed by atoms with van der Waals surface area (Å²) in [4.78, 5) is 12.1. The lowest BCUT2D eigenvalue weighted by Crippen LogP contribution is -2.30. The van der Waals surface area contributed by atoms with Crippen LogP contribution >= 0.6 is 22.9 Å². The molecule has 0 bridgehead atoms. The number of nitrogens with one attached hydrogen (secondary N) is 2. The second kappa shape index (κ2) is 7.32. The lowest BCUT2D eigenvalue weighted by molar-refractivity contribution is -0.122. The largest absolute Gasteiger partial charge is 0.481 e. The van der Waals surface area contributed by atoms with Crippen molar-refractivity contribution in [2.45, 2.75) is 20.0 Å². The smallest absolute Gasteiger partial charge is 0.266 e. The third kappa shape index (κ3) is 5.32. The van der Waals surface area contributed by atoms with Gasteiger partial charge in [-0.1, -0.05) is 22.9 Å². The van der Waals surface area contributed by atoms with E-state index in [4.69, 9.17) is 16.3 Å². The minimum Gasteiger partial charge on any atom is -0.481 e. The van der Waals surface area contributed by atoms with Gasteiger partial charge in [0, 0.05) is 5.02 Å². The molecule has 1 amide bonds. The van der Waals surface area contributed by atoms with Crippen LogP contribution < -0.4 is 14.8 Å². The Balaban J connectivity index is 1.99. The molecule has 0 fully saturated rings. The van der Waals surface area contributed by atoms with Gasteiger partial charge < -0.3 is 4.74 Å². The maximum atomic E-state index is 12.1. The van der Waals surface area contributed by atoms with Crippen molar-refractivity contribution in [2.24, 2.45) is 0 Å². The number of benzene rings is 1. The normalized spacial score (nSPS) is 12.5. The van der Waals surface area contributed by atoms with E-state index in [2.05, 4.69) is 20.2 Å². The Labute approximate surface area is 148 Å². The van der Waals surface area contributed by atoms with E-state index in [0.717, 1.165) is 23.2 Å². The second-order valence-corrected chi connectivity index (χ2v) is 8.11. The van der Waals surface area contributed by atoms with Gasteiger partial charge in [0.05, 0.1) is 6.26 Å². The van der Waals surface area contributed by atoms with Crippen LogP contribution in [0.3, 0.4) is 0 Å². The summed E-state index contributed by atoms with van der Waals surface area (Å²) in [7, 11) is -3.45. The Kier molecular flexibility index (Phi) is 5.62. The first kappa shape index (κ1) is 18.4. The third-order valence-electron chi connectivity index (χ3n) is 2.74. The predicted octanol–water partition coefficient (Wildman–Crippen LogP) is 2.28. The van der Waals surface area contributed by atoms with Crippen molar-refractivity contribution in [3.05, 3.63) is 28.8 Å². The van der Waals surface area contributed by atoms with Crippen molar-refractivity contribution in [3.8, 4) is 5.75 Å². The van der Waals surface area contributed by atoms with Crippen LogP contribution in [0.4, 0.5) is 10.3 Å². The lowest BCUT2D eigenvalue weighted by atomic mass is 10.2. The predicted molar refractivity (Wildman–Crippen MR) is 93.3 cm³/mol. The summed E-state index contributed by atoms with van der Waals surface area (Å²) in [6.07, 6.45) is 0.205. The standard InChI is InChI=1S/C13H15ClN4O4S2/c1-7-6-9(14)4-5-10(7)22-8(2)11(19)15-12-16-17-13(23-12)18-24(3,20)21/h4-6,8H,1-3H3,(H,17,18)(H,15,16,19). The first-order chi connectivity index (χ1) is 11.1. The van der Waals surface area contributed by atoms with Crippen LogP contribution in [0.2, 0.25) is 5.02 Å². The van der Waals surface area contributed by atoms with Crippen molar-refractivity contribution in [1.29, 1.82) is 0 Å². The highest BCUT2D eigenvalue weighted by Crippen LogP contribution is 2.24. The SMILES string of the molecule is Cc1cc(Cl)ccc1OC(C)C(=O)Nc1nnc(NS(C)(=O)=O)s1. The Morgan fingerprint density at radius 3 is 2.62 bits per heavy atom. The van der Waals surface area contributed by atoms with Gasteiger partial charge in [0.25, 0.3) is 5.91 Å². The number of hydrogen-bond acceptors (Lipinski definition) is 7. The van der Waals surface area contributed by atoms with Crippen LogP contribution in [0.25, 0.3) is 0 Å². The summed E-state index contributed by atoms with van der Waals surface area (Å²) < 4.78 is 30.0. The first-order valence-electron chi connectivity index (χ1n) is 6.69. The average molecular weight is 391 g/mol. The fourth-order valence-corrected chi connectivity index (χ4v) is 3.37. The minimum atomic E-state index is -3.45. The fraction of sp³-hybridized carbons (Fsp3) is 0.308. The maximum absolute atomic E-state index is 12.1. The number of aromatic nitrogens is 2. The Bertz CT molecular complexity index is 853. The van der Waals surface area contributed by atoms with Gasteiger partial charge in [0.15, 0.2) is 6.10 Å². The number of nitrogens with zero attached hydrogens (tertiary/aromatic N) is 2. The number of carbonyl (C=O) groups is 1. The van der Waals surface area contributed by atoms with Gasteiger partial charge in [-0.05, 0) is 37.6 Å². The van der Waals surface area contributed by atoms with Gasteiger partial charge in [0.2, 0.25) is 20.3 Å². The number of carbonyl (C=O) groups excluding carboxylic acids is 1. The molecular weight excluding hydrogens is 376 g/mol. The second-order valence-electron chi connectivity index (χ2n) is 4.95. The summed E-state index contributed by atoms with van der Waals surface area (Å²) in [6.45, 7) is 3.40. The zero-order valence-electron chi connectivity index (χ0n) is 13.0. The number of hydrogen-bond donors (Lipinski definition) is 2. The van der Waals surface area contributed by atoms with Crippen molar-refractivity contribution < 1.29 is 17.9 Å². The molecule has 11 heteroatoms. The molecule has 0 aliphatic heterocycles. The van der Waals surface area contributed by atoms with Crippen LogP contribution in [-0.2, 0) is 14.8 Å². The topological polar surface area (TPSA) is 110 Å². The zero-order chi connectivity index (χ0) is 17.9. The van der Waals surface area contributed by atoms with Crippen LogP contribution in [-0.4, -0.2) is 36.9 Å². The number of anilines is 2. The number of rotatable bonds is 6. The molecule has 1 unspecified atom stereocenters. The highest BCUT2D eigenvalue weighted by molar-refractivity contribution is 7.92. The molecule has 0 aliphatic carbocycles. The summed E-state index contributed by atoms with van der Waals surface area (Å²) in [6, 6.07) is 5.08. The Hall–Kier alpha value is -1.91. The van der Waals surface area contributed by atoms with Crippen molar-refractivity contribution in [2.75, 3.05) is 16.3 Å². The summed E-state index contributed by atoms with van der Waals surface area (Å²) >= 11 is 6.77. The lowest BCUT2D eigenvalue weighted by Gasteiger charge is -2.15. The molecule has 0 radical (unpaired) electrons. The van der Waals surface area contributed by atoms with Crippen molar-refractivity contribution in [1.82, 2.24) is 10.2 Å². The molecule has 1 aromatic carbocycles. The van der Waals surface area contributed by atoms with E-state index in [9.17, 15) is 13.2 Å². The number of sulfonamides is 1. The molecule has 24 heavy (non-hydrogen) atoms. The van der Waals surface area contributed by atoms with E-state index >= 15 is 0 Å². The van der Waals surface area contributed by atoms with Gasteiger partial charge in [-0.2, -0.15) is 0 Å². The van der Waals surface area contributed by atoms with Crippen LogP contribution in [0.15, 0.2) is 18.2 Å². The Morgan fingerprint density at radius 2 is 2.00 bits per heavy atom. The molecule has 1 aromatic heterocycles. The van der Waals surface area contributed by atoms with Gasteiger partial charge in [-0.15, -0.1) is 10.2 Å². The van der Waals surface area contributed by atoms with Gasteiger partial charge in [-0.3, -0.25) is 14.8 Å². The van der Waals surface area contributed by atoms with Crippen molar-refractivity contribution in [3.63, 3.8) is 0 Å². The molecule has 0 saturated heterocycles. The van der Waals surface area contributed by atoms with E-state index in [-0.39, 0.29) is 10.3 Å². The highest BCUT2D eigenvalue weighted by Gasteiger charge is 2.18. The number of aryl methyl sites for hydroxylation is 1. The molecule has 0 aliphatic rings. The molecule has 2 N–H and O–H groups in total. The zero-order valence-corrected chi connectivity index (χ0v) is 15.4. The first-order valence-corrected chi connectivity index (χ1v) is 9.77. The fourth-order valence-electron chi connectivity index (χ4n) is 1.67. The van der Waals surface area contributed by atoms with E-state index in [1.807, 2.05) is 6.92 Å². The number of halogens is 1. The molecule has 2 aromatic rings. The molecule has 0 saturated carbocycles. The third-order valence-corrected chi connectivity index (χ3v) is 4.42. The summed E-state index contributed by atoms with van der Waals surface area (Å²) in [5.41, 5.74) is 0.803. The van der Waals surface area contributed by atoms with Crippen molar-refractivity contribution >= 4 is 49.1 Å². The average Bonchev–Trinajstić information content (AvgIpc) is 2.86. The molecule has 1 atom stereocenters. The summed E-state index contributed by atoms with van der Waals surface area (Å²) in [5, 5.41) is 10.7. The molecule has 2 rings (SSSR count). The number of amides is 1. The van der Waals surface area contributed by atoms with Gasteiger partial charge in [0.1, 0.15) is 5.75 Å². The van der Waals surface area contributed by atoms with Gasteiger partial charge in [-0.25, -0.2) is 8.42 Å². The molecule has 0 spiro atoms. The highest BCUT2D eigenvalue weighted by atomic mass is 35.5. The van der Waals surface area contributed by atoms with Crippen LogP contribution in [0.5, 0.6) is 5.75 Å². The number of ether oxygens (including phenoxy) is 1. The molecule has 130 valence electrons. The van der Waals surface area contributed by atoms with Gasteiger partial charge >= 0.3 is 0 Å². The van der Waals surface area contributed by atoms with E-state index in [1.165, 1.54) is 0 Å².